The maximum Gasteiger partial charge on any atom is 0.258 e. The molecule has 0 saturated carbocycles. The molecule has 3 heterocycles. The van der Waals surface area contributed by atoms with E-state index in [4.69, 9.17) is 4.42 Å². The Morgan fingerprint density at radius 2 is 2.08 bits per heavy atom. The van der Waals surface area contributed by atoms with Gasteiger partial charge in [0.1, 0.15) is 0 Å². The molecule has 2 aliphatic rings. The van der Waals surface area contributed by atoms with Gasteiger partial charge >= 0.3 is 0 Å². The highest BCUT2D eigenvalue weighted by Gasteiger charge is 2.58. The van der Waals surface area contributed by atoms with Crippen molar-refractivity contribution in [1.82, 2.24) is 9.21 Å². The number of carbonyl (C=O) groups is 3. The zero-order valence-corrected chi connectivity index (χ0v) is 15.0. The van der Waals surface area contributed by atoms with Gasteiger partial charge in [-0.2, -0.15) is 0 Å². The third-order valence-corrected chi connectivity index (χ3v) is 6.13. The van der Waals surface area contributed by atoms with Gasteiger partial charge < -0.3 is 9.32 Å². The number of carbonyl (C=O) groups excluding carboxylic acids is 3. The molecule has 0 bridgehead atoms. The van der Waals surface area contributed by atoms with Crippen LogP contribution in [0.2, 0.25) is 0 Å². The van der Waals surface area contributed by atoms with Crippen molar-refractivity contribution in [2.24, 2.45) is 11.8 Å². The molecule has 0 radical (unpaired) electrons. The van der Waals surface area contributed by atoms with E-state index in [0.717, 1.165) is 10.6 Å². The van der Waals surface area contributed by atoms with E-state index < -0.39 is 39.8 Å². The van der Waals surface area contributed by atoms with Crippen LogP contribution in [0.5, 0.6) is 0 Å². The number of hydrogen-bond donors (Lipinski definition) is 0. The van der Waals surface area contributed by atoms with E-state index in [1.165, 1.54) is 17.2 Å². The Balaban J connectivity index is 2.01. The molecule has 3 rings (SSSR count). The fraction of sp³-hybridized carbons (Fsp3) is 0.562. The number of amides is 2. The van der Waals surface area contributed by atoms with Crippen molar-refractivity contribution in [2.75, 3.05) is 12.8 Å². The van der Waals surface area contributed by atoms with Gasteiger partial charge in [0.05, 0.1) is 36.1 Å². The zero-order valence-electron chi connectivity index (χ0n) is 14.2. The lowest BCUT2D eigenvalue weighted by Gasteiger charge is -2.29. The first-order valence-corrected chi connectivity index (χ1v) is 9.90. The Bertz CT molecular complexity index is 827. The molecule has 136 valence electrons. The second-order valence-electron chi connectivity index (χ2n) is 6.83. The quantitative estimate of drug-likeness (QED) is 0.726. The van der Waals surface area contributed by atoms with E-state index in [1.807, 2.05) is 13.8 Å². The minimum Gasteiger partial charge on any atom is -0.461 e. The molecule has 9 heteroatoms. The number of aldehydes is 1. The Hall–Kier alpha value is -2.16. The van der Waals surface area contributed by atoms with E-state index >= 15 is 0 Å². The summed E-state index contributed by atoms with van der Waals surface area (Å²) in [6, 6.07) is 0.309. The van der Waals surface area contributed by atoms with E-state index in [-0.39, 0.29) is 17.2 Å². The summed E-state index contributed by atoms with van der Waals surface area (Å²) in [5.41, 5.74) is 0.128. The van der Waals surface area contributed by atoms with Crippen molar-refractivity contribution in [3.05, 3.63) is 23.7 Å². The third-order valence-electron chi connectivity index (χ3n) is 4.96. The summed E-state index contributed by atoms with van der Waals surface area (Å²) in [5, 5.41) is 0. The summed E-state index contributed by atoms with van der Waals surface area (Å²) >= 11 is 0. The van der Waals surface area contributed by atoms with Gasteiger partial charge in [-0.25, -0.2) is 12.7 Å². The second kappa shape index (κ2) is 5.98. The van der Waals surface area contributed by atoms with Crippen LogP contribution in [0, 0.1) is 11.8 Å². The molecule has 0 aliphatic carbocycles. The van der Waals surface area contributed by atoms with Gasteiger partial charge in [0.25, 0.3) is 5.91 Å². The molecule has 2 amide bonds. The van der Waals surface area contributed by atoms with Gasteiger partial charge in [-0.15, -0.1) is 0 Å². The largest absolute Gasteiger partial charge is 0.461 e. The van der Waals surface area contributed by atoms with Crippen LogP contribution >= 0.6 is 0 Å². The molecule has 0 aromatic carbocycles. The van der Waals surface area contributed by atoms with Crippen molar-refractivity contribution >= 4 is 28.1 Å². The lowest BCUT2D eigenvalue weighted by Crippen LogP contribution is -2.44. The standard InChI is InChI=1S/C16H20N2O6S/c1-9(2)13-14-11(18(16(13)21)25(3,22)23)4-6-17(14)15(20)10-5-7-24-12(10)8-19/h5,7-9,11,13-14H,4,6H2,1-3H3. The van der Waals surface area contributed by atoms with E-state index in [9.17, 15) is 22.8 Å². The monoisotopic (exact) mass is 368 g/mol. The molecule has 2 saturated heterocycles. The average molecular weight is 368 g/mol. The number of hydrogen-bond acceptors (Lipinski definition) is 6. The first-order chi connectivity index (χ1) is 11.7. The number of sulfonamides is 1. The van der Waals surface area contributed by atoms with Gasteiger partial charge in [0.2, 0.25) is 15.9 Å². The molecule has 2 fully saturated rings. The lowest BCUT2D eigenvalue weighted by molar-refractivity contribution is -0.129. The lowest BCUT2D eigenvalue weighted by atomic mass is 9.88. The van der Waals surface area contributed by atoms with Crippen LogP contribution in [-0.4, -0.2) is 60.6 Å². The van der Waals surface area contributed by atoms with Crippen molar-refractivity contribution in [3.8, 4) is 0 Å². The van der Waals surface area contributed by atoms with Gasteiger partial charge in [-0.3, -0.25) is 14.4 Å². The molecule has 8 nitrogen and oxygen atoms in total. The van der Waals surface area contributed by atoms with Gasteiger partial charge in [-0.05, 0) is 18.4 Å². The fourth-order valence-corrected chi connectivity index (χ4v) is 5.18. The van der Waals surface area contributed by atoms with Crippen LogP contribution in [0.25, 0.3) is 0 Å². The minimum atomic E-state index is -3.72. The highest BCUT2D eigenvalue weighted by Crippen LogP contribution is 2.41. The molecular weight excluding hydrogens is 348 g/mol. The SMILES string of the molecule is CC(C)C1C(=O)N(S(C)(=O)=O)C2CCN(C(=O)c3ccoc3C=O)C12. The van der Waals surface area contributed by atoms with Gasteiger partial charge in [0.15, 0.2) is 12.0 Å². The molecule has 1 aromatic rings. The molecule has 2 aliphatic heterocycles. The fourth-order valence-electron chi connectivity index (χ4n) is 4.01. The highest BCUT2D eigenvalue weighted by atomic mass is 32.2. The van der Waals surface area contributed by atoms with Crippen LogP contribution in [0.15, 0.2) is 16.7 Å². The number of rotatable bonds is 4. The minimum absolute atomic E-state index is 0.0705. The smallest absolute Gasteiger partial charge is 0.258 e. The predicted molar refractivity (Wildman–Crippen MR) is 87.3 cm³/mol. The summed E-state index contributed by atoms with van der Waals surface area (Å²) in [5.74, 6) is -1.68. The van der Waals surface area contributed by atoms with Crippen molar-refractivity contribution in [2.45, 2.75) is 32.4 Å². The topological polar surface area (TPSA) is 105 Å². The molecule has 25 heavy (non-hydrogen) atoms. The number of likely N-dealkylation sites (tertiary alicyclic amines) is 1. The summed E-state index contributed by atoms with van der Waals surface area (Å²) in [7, 11) is -3.72. The Kier molecular flexibility index (Phi) is 4.22. The summed E-state index contributed by atoms with van der Waals surface area (Å²) < 4.78 is 30.1. The zero-order chi connectivity index (χ0) is 18.5. The predicted octanol–water partition coefficient (Wildman–Crippen LogP) is 0.749. The number of fused-ring (bicyclic) bond motifs is 1. The number of nitrogens with zero attached hydrogens (tertiary/aromatic N) is 2. The van der Waals surface area contributed by atoms with Crippen LogP contribution in [0.4, 0.5) is 0 Å². The average Bonchev–Trinajstić information content (AvgIpc) is 3.17. The first-order valence-electron chi connectivity index (χ1n) is 8.05. The summed E-state index contributed by atoms with van der Waals surface area (Å²) in [6.07, 6.45) is 3.11. The van der Waals surface area contributed by atoms with Crippen LogP contribution in [0.1, 0.15) is 41.2 Å². The van der Waals surface area contributed by atoms with Gasteiger partial charge in [0, 0.05) is 6.54 Å². The van der Waals surface area contributed by atoms with Gasteiger partial charge in [-0.1, -0.05) is 13.8 Å². The van der Waals surface area contributed by atoms with E-state index in [2.05, 4.69) is 0 Å². The third kappa shape index (κ3) is 2.66. The molecule has 0 spiro atoms. The van der Waals surface area contributed by atoms with E-state index in [1.54, 1.807) is 0 Å². The van der Waals surface area contributed by atoms with E-state index in [0.29, 0.717) is 19.3 Å². The molecule has 1 aromatic heterocycles. The Labute approximate surface area is 145 Å². The second-order valence-corrected chi connectivity index (χ2v) is 8.69. The summed E-state index contributed by atoms with van der Waals surface area (Å²) in [6.45, 7) is 3.99. The van der Waals surface area contributed by atoms with Crippen LogP contribution in [0.3, 0.4) is 0 Å². The molecular formula is C16H20N2O6S. The maximum atomic E-state index is 12.9. The van der Waals surface area contributed by atoms with Crippen LogP contribution < -0.4 is 0 Å². The highest BCUT2D eigenvalue weighted by molar-refractivity contribution is 7.88. The van der Waals surface area contributed by atoms with Crippen molar-refractivity contribution in [1.29, 1.82) is 0 Å². The maximum absolute atomic E-state index is 12.9. The van der Waals surface area contributed by atoms with Crippen molar-refractivity contribution < 1.29 is 27.2 Å². The molecule has 0 N–H and O–H groups in total. The normalized spacial score (nSPS) is 26.4. The Morgan fingerprint density at radius 1 is 1.40 bits per heavy atom. The molecule has 3 unspecified atom stereocenters. The Morgan fingerprint density at radius 3 is 2.64 bits per heavy atom. The molecule has 3 atom stereocenters. The summed E-state index contributed by atoms with van der Waals surface area (Å²) in [4.78, 5) is 38.2. The number of furan rings is 1. The van der Waals surface area contributed by atoms with Crippen LogP contribution in [-0.2, 0) is 14.8 Å². The van der Waals surface area contributed by atoms with Crippen molar-refractivity contribution in [3.63, 3.8) is 0 Å². The first kappa shape index (κ1) is 17.7.